The summed E-state index contributed by atoms with van der Waals surface area (Å²) >= 11 is 0. The molecule has 2 N–H and O–H groups in total. The van der Waals surface area contributed by atoms with Crippen LogP contribution in [0.15, 0.2) is 30.3 Å². The molecule has 5 heteroatoms. The minimum atomic E-state index is -0.777. The maximum absolute atomic E-state index is 13.0. The van der Waals surface area contributed by atoms with E-state index in [0.29, 0.717) is 24.4 Å². The molecular weight excluding hydrogens is 316 g/mol. The first-order chi connectivity index (χ1) is 12.0. The van der Waals surface area contributed by atoms with Crippen molar-refractivity contribution in [3.8, 4) is 0 Å². The number of hydrogen-bond acceptors (Lipinski definition) is 3. The molecular formula is C20H28N2O3. The van der Waals surface area contributed by atoms with Crippen LogP contribution in [0.4, 0.5) is 0 Å². The smallest absolute Gasteiger partial charge is 0.254 e. The highest BCUT2D eigenvalue weighted by Crippen LogP contribution is 2.32. The lowest BCUT2D eigenvalue weighted by Crippen LogP contribution is -2.57. The lowest BCUT2D eigenvalue weighted by molar-refractivity contribution is -0.130. The fourth-order valence-electron chi connectivity index (χ4n) is 4.09. The Morgan fingerprint density at radius 3 is 2.52 bits per heavy atom. The molecule has 1 saturated heterocycles. The number of hydrogen-bond donors (Lipinski definition) is 2. The Labute approximate surface area is 149 Å². The first kappa shape index (κ1) is 17.9. The van der Waals surface area contributed by atoms with Crippen molar-refractivity contribution < 1.29 is 14.7 Å². The topological polar surface area (TPSA) is 69.6 Å². The van der Waals surface area contributed by atoms with Gasteiger partial charge in [0.15, 0.2) is 0 Å². The van der Waals surface area contributed by atoms with Crippen LogP contribution in [0.2, 0.25) is 0 Å². The summed E-state index contributed by atoms with van der Waals surface area (Å²) in [6.07, 6.45) is 5.25. The van der Waals surface area contributed by atoms with Crippen LogP contribution in [-0.2, 0) is 4.79 Å². The Morgan fingerprint density at radius 2 is 1.88 bits per heavy atom. The zero-order chi connectivity index (χ0) is 17.9. The minimum absolute atomic E-state index is 0.0401. The van der Waals surface area contributed by atoms with Crippen molar-refractivity contribution in [2.45, 2.75) is 57.0 Å². The van der Waals surface area contributed by atoms with Crippen molar-refractivity contribution in [2.24, 2.45) is 5.92 Å². The van der Waals surface area contributed by atoms with E-state index in [4.69, 9.17) is 0 Å². The second-order valence-electron chi connectivity index (χ2n) is 7.57. The Bertz CT molecular complexity index is 611. The fourth-order valence-corrected chi connectivity index (χ4v) is 4.09. The Balaban J connectivity index is 1.67. The standard InChI is InChI=1S/C20H28N2O3/c1-20(19(25)21-17-10-8-15(14-23)9-11-17)12-5-13-22(20)18(24)16-6-3-2-4-7-16/h2-4,6-7,15,17,23H,5,8-14H2,1H3,(H,21,25). The van der Waals surface area contributed by atoms with Gasteiger partial charge in [-0.15, -0.1) is 0 Å². The number of likely N-dealkylation sites (tertiary alicyclic amines) is 1. The van der Waals surface area contributed by atoms with Gasteiger partial charge in [0.1, 0.15) is 5.54 Å². The van der Waals surface area contributed by atoms with Crippen LogP contribution in [0.5, 0.6) is 0 Å². The molecule has 2 aliphatic rings. The van der Waals surface area contributed by atoms with Gasteiger partial charge in [-0.1, -0.05) is 18.2 Å². The van der Waals surface area contributed by atoms with Crippen molar-refractivity contribution in [1.29, 1.82) is 0 Å². The highest BCUT2D eigenvalue weighted by atomic mass is 16.3. The molecule has 2 fully saturated rings. The van der Waals surface area contributed by atoms with Crippen molar-refractivity contribution in [1.82, 2.24) is 10.2 Å². The quantitative estimate of drug-likeness (QED) is 0.881. The lowest BCUT2D eigenvalue weighted by Gasteiger charge is -2.36. The molecule has 25 heavy (non-hydrogen) atoms. The van der Waals surface area contributed by atoms with Gasteiger partial charge in [-0.2, -0.15) is 0 Å². The van der Waals surface area contributed by atoms with E-state index in [9.17, 15) is 14.7 Å². The number of carbonyl (C=O) groups is 2. The number of nitrogens with one attached hydrogen (secondary N) is 1. The first-order valence-electron chi connectivity index (χ1n) is 9.33. The molecule has 1 aromatic carbocycles. The van der Waals surface area contributed by atoms with Crippen LogP contribution < -0.4 is 5.32 Å². The molecule has 3 rings (SSSR count). The third kappa shape index (κ3) is 3.71. The van der Waals surface area contributed by atoms with Gasteiger partial charge in [-0.25, -0.2) is 0 Å². The van der Waals surface area contributed by atoms with Crippen LogP contribution in [0.1, 0.15) is 55.8 Å². The van der Waals surface area contributed by atoms with E-state index in [2.05, 4.69) is 5.32 Å². The van der Waals surface area contributed by atoms with Gasteiger partial charge >= 0.3 is 0 Å². The molecule has 1 atom stereocenters. The van der Waals surface area contributed by atoms with Gasteiger partial charge in [-0.05, 0) is 63.5 Å². The fraction of sp³-hybridized carbons (Fsp3) is 0.600. The van der Waals surface area contributed by atoms with E-state index in [-0.39, 0.29) is 24.5 Å². The maximum atomic E-state index is 13.0. The van der Waals surface area contributed by atoms with Crippen molar-refractivity contribution >= 4 is 11.8 Å². The van der Waals surface area contributed by atoms with Crippen LogP contribution in [0.3, 0.4) is 0 Å². The monoisotopic (exact) mass is 344 g/mol. The largest absolute Gasteiger partial charge is 0.396 e. The maximum Gasteiger partial charge on any atom is 0.254 e. The summed E-state index contributed by atoms with van der Waals surface area (Å²) in [7, 11) is 0. The highest BCUT2D eigenvalue weighted by Gasteiger charge is 2.46. The van der Waals surface area contributed by atoms with Crippen molar-refractivity contribution in [3.05, 3.63) is 35.9 Å². The summed E-state index contributed by atoms with van der Waals surface area (Å²) in [6.45, 7) is 2.74. The second kappa shape index (κ2) is 7.56. The number of nitrogens with zero attached hydrogens (tertiary/aromatic N) is 1. The van der Waals surface area contributed by atoms with Gasteiger partial charge < -0.3 is 15.3 Å². The summed E-state index contributed by atoms with van der Waals surface area (Å²) in [4.78, 5) is 27.6. The molecule has 0 bridgehead atoms. The molecule has 1 unspecified atom stereocenters. The third-order valence-corrected chi connectivity index (χ3v) is 5.84. The SMILES string of the molecule is CC1(C(=O)NC2CCC(CO)CC2)CCCN1C(=O)c1ccccc1. The van der Waals surface area contributed by atoms with Gasteiger partial charge in [0.25, 0.3) is 5.91 Å². The predicted molar refractivity (Wildman–Crippen MR) is 96.1 cm³/mol. The molecule has 1 aliphatic heterocycles. The Morgan fingerprint density at radius 1 is 1.20 bits per heavy atom. The van der Waals surface area contributed by atoms with Gasteiger partial charge in [0, 0.05) is 24.8 Å². The van der Waals surface area contributed by atoms with Crippen molar-refractivity contribution in [2.75, 3.05) is 13.2 Å². The molecule has 1 aliphatic carbocycles. The second-order valence-corrected chi connectivity index (χ2v) is 7.57. The first-order valence-corrected chi connectivity index (χ1v) is 9.33. The van der Waals surface area contributed by atoms with E-state index in [1.165, 1.54) is 0 Å². The zero-order valence-electron chi connectivity index (χ0n) is 14.9. The number of aliphatic hydroxyl groups excluding tert-OH is 1. The molecule has 1 saturated carbocycles. The molecule has 0 radical (unpaired) electrons. The van der Waals surface area contributed by atoms with Gasteiger partial charge in [0.05, 0.1) is 0 Å². The molecule has 2 amide bonds. The third-order valence-electron chi connectivity index (χ3n) is 5.84. The number of carbonyl (C=O) groups excluding carboxylic acids is 2. The molecule has 1 aromatic rings. The minimum Gasteiger partial charge on any atom is -0.396 e. The predicted octanol–water partition coefficient (Wildman–Crippen LogP) is 2.35. The summed E-state index contributed by atoms with van der Waals surface area (Å²) in [5.41, 5.74) is -0.146. The molecule has 0 spiro atoms. The number of aliphatic hydroxyl groups is 1. The lowest BCUT2D eigenvalue weighted by atomic mass is 9.86. The van der Waals surface area contributed by atoms with E-state index in [1.807, 2.05) is 25.1 Å². The molecule has 5 nitrogen and oxygen atoms in total. The van der Waals surface area contributed by atoms with Crippen LogP contribution in [0.25, 0.3) is 0 Å². The van der Waals surface area contributed by atoms with Gasteiger partial charge in [-0.3, -0.25) is 9.59 Å². The van der Waals surface area contributed by atoms with E-state index >= 15 is 0 Å². The summed E-state index contributed by atoms with van der Waals surface area (Å²) in [5.74, 6) is 0.257. The van der Waals surface area contributed by atoms with Crippen molar-refractivity contribution in [3.63, 3.8) is 0 Å². The highest BCUT2D eigenvalue weighted by molar-refractivity contribution is 5.99. The molecule has 136 valence electrons. The Kier molecular flexibility index (Phi) is 5.42. The number of amides is 2. The molecule has 0 aromatic heterocycles. The summed E-state index contributed by atoms with van der Waals surface area (Å²) in [6, 6.07) is 9.33. The Hall–Kier alpha value is -1.88. The van der Waals surface area contributed by atoms with Crippen LogP contribution in [-0.4, -0.2) is 46.6 Å². The zero-order valence-corrected chi connectivity index (χ0v) is 14.9. The normalized spacial score (nSPS) is 29.4. The average Bonchev–Trinajstić information content (AvgIpc) is 3.05. The van der Waals surface area contributed by atoms with Crippen LogP contribution in [0, 0.1) is 5.92 Å². The summed E-state index contributed by atoms with van der Waals surface area (Å²) < 4.78 is 0. The number of rotatable bonds is 4. The van der Waals surface area contributed by atoms with E-state index < -0.39 is 5.54 Å². The van der Waals surface area contributed by atoms with Gasteiger partial charge in [0.2, 0.25) is 5.91 Å². The van der Waals surface area contributed by atoms with E-state index in [1.54, 1.807) is 17.0 Å². The van der Waals surface area contributed by atoms with E-state index in [0.717, 1.165) is 32.1 Å². The molecule has 1 heterocycles. The number of benzene rings is 1. The summed E-state index contributed by atoms with van der Waals surface area (Å²) in [5, 5.41) is 12.4. The average molecular weight is 344 g/mol. The van der Waals surface area contributed by atoms with Crippen LogP contribution >= 0.6 is 0 Å².